The fraction of sp³-hybridized carbons (Fsp3) is 0.538. The minimum absolute atomic E-state index is 0.0673. The molecule has 1 aromatic rings. The highest BCUT2D eigenvalue weighted by atomic mass is 19.4. The molecule has 0 unspecified atom stereocenters. The van der Waals surface area contributed by atoms with E-state index < -0.39 is 35.5 Å². The van der Waals surface area contributed by atoms with Crippen LogP contribution in [0.1, 0.15) is 35.8 Å². The van der Waals surface area contributed by atoms with Crippen LogP contribution in [0.4, 0.5) is 13.2 Å². The lowest BCUT2D eigenvalue weighted by Gasteiger charge is -2.17. The largest absolute Gasteiger partial charge is 0.418 e. The van der Waals surface area contributed by atoms with Crippen molar-refractivity contribution in [2.45, 2.75) is 32.0 Å². The number of rotatable bonds is 0. The molecule has 2 amide bonds. The molecule has 0 spiro atoms. The van der Waals surface area contributed by atoms with Crippen LogP contribution in [0.5, 0.6) is 0 Å². The lowest BCUT2D eigenvalue weighted by Crippen LogP contribution is -2.29. The maximum atomic E-state index is 12.9. The number of fused-ring (bicyclic) bond motifs is 3. The Bertz CT molecular complexity index is 632. The standard InChI is InChI=1S/C13H13F3N2O2/c1-5-7(13(14,15)16)4-8-10-9(6(2)18(5)8)11(19)17(3)12(10)20/h4,6,9-10H,1-3H3/t6-,9-,10+/m0/s1. The third kappa shape index (κ3) is 1.38. The van der Waals surface area contributed by atoms with Gasteiger partial charge in [0.25, 0.3) is 0 Å². The number of halogens is 3. The van der Waals surface area contributed by atoms with Gasteiger partial charge < -0.3 is 4.57 Å². The SMILES string of the molecule is Cc1c(C(F)(F)F)cc2n1[C@@H](C)[C@@H]1C(=O)N(C)C(=O)[C@H]21. The van der Waals surface area contributed by atoms with Crippen molar-refractivity contribution in [3.8, 4) is 0 Å². The predicted molar refractivity (Wildman–Crippen MR) is 62.9 cm³/mol. The maximum absolute atomic E-state index is 12.9. The molecule has 3 atom stereocenters. The summed E-state index contributed by atoms with van der Waals surface area (Å²) in [4.78, 5) is 25.1. The second-order valence-electron chi connectivity index (χ2n) is 5.42. The molecule has 3 heterocycles. The third-order valence-electron chi connectivity index (χ3n) is 4.44. The number of hydrogen-bond donors (Lipinski definition) is 0. The Morgan fingerprint density at radius 2 is 1.80 bits per heavy atom. The Morgan fingerprint density at radius 3 is 2.35 bits per heavy atom. The number of carbonyl (C=O) groups is 2. The fourth-order valence-electron chi connectivity index (χ4n) is 3.51. The van der Waals surface area contributed by atoms with Gasteiger partial charge in [0.05, 0.1) is 17.4 Å². The topological polar surface area (TPSA) is 42.3 Å². The normalized spacial score (nSPS) is 29.1. The second kappa shape index (κ2) is 3.65. The third-order valence-corrected chi connectivity index (χ3v) is 4.44. The molecule has 0 aliphatic carbocycles. The molecule has 4 nitrogen and oxygen atoms in total. The Balaban J connectivity index is 2.19. The van der Waals surface area contributed by atoms with Gasteiger partial charge in [0.1, 0.15) is 0 Å². The number of imide groups is 1. The van der Waals surface area contributed by atoms with Crippen LogP contribution in [0.2, 0.25) is 0 Å². The zero-order valence-corrected chi connectivity index (χ0v) is 11.2. The summed E-state index contributed by atoms with van der Waals surface area (Å²) in [7, 11) is 1.38. The molecule has 2 aliphatic heterocycles. The Kier molecular flexibility index (Phi) is 2.41. The van der Waals surface area contributed by atoms with E-state index in [-0.39, 0.29) is 11.6 Å². The van der Waals surface area contributed by atoms with E-state index in [2.05, 4.69) is 0 Å². The number of likely N-dealkylation sites (tertiary alicyclic amines) is 1. The average Bonchev–Trinajstić information content (AvgIpc) is 2.89. The summed E-state index contributed by atoms with van der Waals surface area (Å²) in [5.41, 5.74) is -0.361. The molecule has 7 heteroatoms. The van der Waals surface area contributed by atoms with Crippen molar-refractivity contribution in [3.63, 3.8) is 0 Å². The summed E-state index contributed by atoms with van der Waals surface area (Å²) in [6.07, 6.45) is -4.45. The molecule has 0 radical (unpaired) electrons. The van der Waals surface area contributed by atoms with Gasteiger partial charge in [-0.15, -0.1) is 0 Å². The van der Waals surface area contributed by atoms with Crippen molar-refractivity contribution in [1.82, 2.24) is 9.47 Å². The highest BCUT2D eigenvalue weighted by molar-refractivity contribution is 6.08. The molecule has 20 heavy (non-hydrogen) atoms. The zero-order valence-electron chi connectivity index (χ0n) is 11.2. The van der Waals surface area contributed by atoms with Gasteiger partial charge in [0, 0.05) is 24.5 Å². The van der Waals surface area contributed by atoms with Gasteiger partial charge in [0.2, 0.25) is 11.8 Å². The van der Waals surface area contributed by atoms with E-state index in [1.807, 2.05) is 0 Å². The van der Waals surface area contributed by atoms with Crippen molar-refractivity contribution < 1.29 is 22.8 Å². The first kappa shape index (κ1) is 13.2. The molecule has 108 valence electrons. The molecule has 0 bridgehead atoms. The molecule has 2 aliphatic rings. The summed E-state index contributed by atoms with van der Waals surface area (Å²) in [5, 5.41) is 0. The summed E-state index contributed by atoms with van der Waals surface area (Å²) >= 11 is 0. The van der Waals surface area contributed by atoms with Gasteiger partial charge in [-0.05, 0) is 19.9 Å². The van der Waals surface area contributed by atoms with Crippen LogP contribution >= 0.6 is 0 Å². The number of aromatic nitrogens is 1. The van der Waals surface area contributed by atoms with E-state index in [4.69, 9.17) is 0 Å². The predicted octanol–water partition coefficient (Wildman–Crippen LogP) is 2.09. The minimum Gasteiger partial charge on any atom is -0.344 e. The Morgan fingerprint density at radius 1 is 1.20 bits per heavy atom. The highest BCUT2D eigenvalue weighted by Crippen LogP contribution is 2.50. The second-order valence-corrected chi connectivity index (χ2v) is 5.42. The number of amides is 2. The van der Waals surface area contributed by atoms with Crippen LogP contribution < -0.4 is 0 Å². The van der Waals surface area contributed by atoms with Crippen molar-refractivity contribution in [3.05, 3.63) is 23.0 Å². The van der Waals surface area contributed by atoms with E-state index in [9.17, 15) is 22.8 Å². The summed E-state index contributed by atoms with van der Waals surface area (Å²) in [5.74, 6) is -2.10. The first-order valence-corrected chi connectivity index (χ1v) is 6.26. The first-order chi connectivity index (χ1) is 9.16. The molecule has 0 aromatic carbocycles. The van der Waals surface area contributed by atoms with E-state index in [0.717, 1.165) is 11.0 Å². The summed E-state index contributed by atoms with van der Waals surface area (Å²) in [6.45, 7) is 3.06. The summed E-state index contributed by atoms with van der Waals surface area (Å²) in [6, 6.07) is 0.577. The Hall–Kier alpha value is -1.79. The van der Waals surface area contributed by atoms with Crippen LogP contribution in [0, 0.1) is 12.8 Å². The highest BCUT2D eigenvalue weighted by Gasteiger charge is 2.56. The minimum atomic E-state index is -4.45. The van der Waals surface area contributed by atoms with E-state index in [0.29, 0.717) is 5.69 Å². The van der Waals surface area contributed by atoms with Gasteiger partial charge in [-0.2, -0.15) is 13.2 Å². The van der Waals surface area contributed by atoms with Crippen molar-refractivity contribution in [1.29, 1.82) is 0 Å². The molecule has 0 N–H and O–H groups in total. The van der Waals surface area contributed by atoms with Crippen LogP contribution in [-0.4, -0.2) is 28.3 Å². The number of hydrogen-bond acceptors (Lipinski definition) is 2. The van der Waals surface area contributed by atoms with Crippen molar-refractivity contribution in [2.75, 3.05) is 7.05 Å². The summed E-state index contributed by atoms with van der Waals surface area (Å²) < 4.78 is 40.3. The van der Waals surface area contributed by atoms with Crippen molar-refractivity contribution >= 4 is 11.8 Å². The van der Waals surface area contributed by atoms with E-state index in [1.54, 1.807) is 6.92 Å². The zero-order chi connectivity index (χ0) is 15.0. The average molecular weight is 286 g/mol. The molecule has 1 fully saturated rings. The monoisotopic (exact) mass is 286 g/mol. The molecule has 1 saturated heterocycles. The van der Waals surface area contributed by atoms with Crippen LogP contribution in [0.15, 0.2) is 6.07 Å². The molecular formula is C13H13F3N2O2. The molecule has 0 saturated carbocycles. The smallest absolute Gasteiger partial charge is 0.344 e. The number of nitrogens with zero attached hydrogens (tertiary/aromatic N) is 2. The molecule has 1 aromatic heterocycles. The van der Waals surface area contributed by atoms with Gasteiger partial charge >= 0.3 is 6.18 Å². The van der Waals surface area contributed by atoms with Crippen LogP contribution in [-0.2, 0) is 15.8 Å². The van der Waals surface area contributed by atoms with Crippen LogP contribution in [0.3, 0.4) is 0 Å². The van der Waals surface area contributed by atoms with Gasteiger partial charge in [0.15, 0.2) is 0 Å². The van der Waals surface area contributed by atoms with Crippen LogP contribution in [0.25, 0.3) is 0 Å². The van der Waals surface area contributed by atoms with Gasteiger partial charge in [-0.1, -0.05) is 0 Å². The van der Waals surface area contributed by atoms with E-state index >= 15 is 0 Å². The quantitative estimate of drug-likeness (QED) is 0.685. The first-order valence-electron chi connectivity index (χ1n) is 6.26. The number of carbonyl (C=O) groups excluding carboxylic acids is 2. The van der Waals surface area contributed by atoms with Gasteiger partial charge in [-0.3, -0.25) is 14.5 Å². The lowest BCUT2D eigenvalue weighted by molar-refractivity contribution is -0.139. The van der Waals surface area contributed by atoms with Gasteiger partial charge in [-0.25, -0.2) is 0 Å². The maximum Gasteiger partial charge on any atom is 0.418 e. The number of alkyl halides is 3. The van der Waals surface area contributed by atoms with Crippen molar-refractivity contribution in [2.24, 2.45) is 5.92 Å². The number of likely N-dealkylation sites (N-methyl/N-ethyl adjacent to an activating group) is 1. The lowest BCUT2D eigenvalue weighted by atomic mass is 9.90. The molecular weight excluding hydrogens is 273 g/mol. The Labute approximate surface area is 113 Å². The fourth-order valence-corrected chi connectivity index (χ4v) is 3.51. The van der Waals surface area contributed by atoms with E-state index in [1.165, 1.54) is 18.5 Å². The molecule has 3 rings (SSSR count).